The SMILES string of the molecule is NC[C@H](CO)Cc1cccc(F)c1. The maximum atomic E-state index is 12.7. The second kappa shape index (κ2) is 4.94. The molecular weight excluding hydrogens is 169 g/mol. The van der Waals surface area contributed by atoms with E-state index in [4.69, 9.17) is 10.8 Å². The van der Waals surface area contributed by atoms with E-state index in [9.17, 15) is 4.39 Å². The first-order valence-electron chi connectivity index (χ1n) is 4.31. The molecule has 0 aliphatic rings. The minimum absolute atomic E-state index is 0.0294. The first kappa shape index (κ1) is 10.2. The summed E-state index contributed by atoms with van der Waals surface area (Å²) in [6.07, 6.45) is 0.630. The second-order valence-corrected chi connectivity index (χ2v) is 3.12. The molecule has 1 atom stereocenters. The Labute approximate surface area is 77.2 Å². The Balaban J connectivity index is 2.62. The van der Waals surface area contributed by atoms with Crippen LogP contribution in [0.1, 0.15) is 5.56 Å². The number of rotatable bonds is 4. The molecule has 0 bridgehead atoms. The minimum atomic E-state index is -0.244. The van der Waals surface area contributed by atoms with Gasteiger partial charge in [0.05, 0.1) is 0 Å². The van der Waals surface area contributed by atoms with Crippen molar-refractivity contribution >= 4 is 0 Å². The lowest BCUT2D eigenvalue weighted by Gasteiger charge is -2.10. The van der Waals surface area contributed by atoms with Crippen molar-refractivity contribution in [3.05, 3.63) is 35.6 Å². The highest BCUT2D eigenvalue weighted by molar-refractivity contribution is 5.16. The van der Waals surface area contributed by atoms with Crippen LogP contribution in [-0.4, -0.2) is 18.3 Å². The van der Waals surface area contributed by atoms with E-state index in [-0.39, 0.29) is 18.3 Å². The Hall–Kier alpha value is -0.930. The largest absolute Gasteiger partial charge is 0.396 e. The molecule has 3 heteroatoms. The van der Waals surface area contributed by atoms with Gasteiger partial charge < -0.3 is 10.8 Å². The molecule has 72 valence electrons. The van der Waals surface area contributed by atoms with Crippen molar-refractivity contribution in [2.75, 3.05) is 13.2 Å². The van der Waals surface area contributed by atoms with Crippen molar-refractivity contribution in [2.45, 2.75) is 6.42 Å². The highest BCUT2D eigenvalue weighted by Gasteiger charge is 2.06. The van der Waals surface area contributed by atoms with E-state index in [1.54, 1.807) is 6.07 Å². The lowest BCUT2D eigenvalue weighted by atomic mass is 10.0. The summed E-state index contributed by atoms with van der Waals surface area (Å²) in [5.41, 5.74) is 6.29. The molecule has 0 aliphatic carbocycles. The predicted molar refractivity (Wildman–Crippen MR) is 49.7 cm³/mol. The summed E-state index contributed by atoms with van der Waals surface area (Å²) < 4.78 is 12.7. The number of aliphatic hydroxyl groups is 1. The Morgan fingerprint density at radius 3 is 2.77 bits per heavy atom. The molecule has 1 aromatic carbocycles. The van der Waals surface area contributed by atoms with Gasteiger partial charge in [-0.25, -0.2) is 4.39 Å². The van der Waals surface area contributed by atoms with E-state index in [2.05, 4.69) is 0 Å². The number of hydrogen-bond donors (Lipinski definition) is 2. The highest BCUT2D eigenvalue weighted by Crippen LogP contribution is 2.09. The van der Waals surface area contributed by atoms with Crippen molar-refractivity contribution in [3.63, 3.8) is 0 Å². The maximum Gasteiger partial charge on any atom is 0.123 e. The smallest absolute Gasteiger partial charge is 0.123 e. The van der Waals surface area contributed by atoms with Crippen molar-refractivity contribution in [3.8, 4) is 0 Å². The Morgan fingerprint density at radius 1 is 1.46 bits per heavy atom. The van der Waals surface area contributed by atoms with Crippen LogP contribution < -0.4 is 5.73 Å². The predicted octanol–water partition coefficient (Wildman–Crippen LogP) is 0.935. The van der Waals surface area contributed by atoms with E-state index in [0.29, 0.717) is 13.0 Å². The van der Waals surface area contributed by atoms with Gasteiger partial charge in [0.2, 0.25) is 0 Å². The van der Waals surface area contributed by atoms with Crippen LogP contribution >= 0.6 is 0 Å². The molecule has 0 spiro atoms. The van der Waals surface area contributed by atoms with Crippen LogP contribution in [0.15, 0.2) is 24.3 Å². The van der Waals surface area contributed by atoms with Gasteiger partial charge in [0.15, 0.2) is 0 Å². The van der Waals surface area contributed by atoms with E-state index in [1.165, 1.54) is 12.1 Å². The summed E-state index contributed by atoms with van der Waals surface area (Å²) in [6, 6.07) is 6.37. The molecule has 0 aromatic heterocycles. The molecule has 0 radical (unpaired) electrons. The molecule has 1 rings (SSSR count). The summed E-state index contributed by atoms with van der Waals surface area (Å²) in [5.74, 6) is -0.215. The Morgan fingerprint density at radius 2 is 2.23 bits per heavy atom. The van der Waals surface area contributed by atoms with Crippen LogP contribution in [0, 0.1) is 11.7 Å². The fraction of sp³-hybridized carbons (Fsp3) is 0.400. The van der Waals surface area contributed by atoms with Gasteiger partial charge in [0, 0.05) is 6.61 Å². The zero-order chi connectivity index (χ0) is 9.68. The van der Waals surface area contributed by atoms with E-state index < -0.39 is 0 Å². The van der Waals surface area contributed by atoms with Crippen molar-refractivity contribution in [1.82, 2.24) is 0 Å². The third kappa shape index (κ3) is 3.13. The number of hydrogen-bond acceptors (Lipinski definition) is 2. The summed E-state index contributed by atoms with van der Waals surface area (Å²) >= 11 is 0. The van der Waals surface area contributed by atoms with Crippen LogP contribution in [0.3, 0.4) is 0 Å². The van der Waals surface area contributed by atoms with E-state index >= 15 is 0 Å². The van der Waals surface area contributed by atoms with Crippen LogP contribution in [0.2, 0.25) is 0 Å². The van der Waals surface area contributed by atoms with Gasteiger partial charge in [-0.3, -0.25) is 0 Å². The van der Waals surface area contributed by atoms with E-state index in [0.717, 1.165) is 5.56 Å². The average molecular weight is 183 g/mol. The lowest BCUT2D eigenvalue weighted by molar-refractivity contribution is 0.229. The van der Waals surface area contributed by atoms with Gasteiger partial charge in [-0.2, -0.15) is 0 Å². The van der Waals surface area contributed by atoms with Crippen LogP contribution in [-0.2, 0) is 6.42 Å². The number of aliphatic hydroxyl groups excluding tert-OH is 1. The normalized spacial score (nSPS) is 12.8. The Bertz CT molecular complexity index is 261. The summed E-state index contributed by atoms with van der Waals surface area (Å²) in [7, 11) is 0. The summed E-state index contributed by atoms with van der Waals surface area (Å²) in [6.45, 7) is 0.472. The molecule has 0 aliphatic heterocycles. The second-order valence-electron chi connectivity index (χ2n) is 3.12. The molecule has 0 heterocycles. The summed E-state index contributed by atoms with van der Waals surface area (Å²) in [5, 5.41) is 8.88. The standard InChI is InChI=1S/C10H14FNO/c11-10-3-1-2-8(5-10)4-9(6-12)7-13/h1-3,5,9,13H,4,6-7,12H2/t9-/m1/s1. The topological polar surface area (TPSA) is 46.2 Å². The zero-order valence-corrected chi connectivity index (χ0v) is 7.41. The maximum absolute atomic E-state index is 12.7. The molecule has 0 saturated carbocycles. The van der Waals surface area contributed by atoms with Gasteiger partial charge in [-0.05, 0) is 36.6 Å². The lowest BCUT2D eigenvalue weighted by Crippen LogP contribution is -2.20. The van der Waals surface area contributed by atoms with Crippen molar-refractivity contribution in [1.29, 1.82) is 0 Å². The molecule has 2 nitrogen and oxygen atoms in total. The fourth-order valence-corrected chi connectivity index (χ4v) is 1.22. The number of benzene rings is 1. The molecule has 0 fully saturated rings. The van der Waals surface area contributed by atoms with Gasteiger partial charge in [0.25, 0.3) is 0 Å². The monoisotopic (exact) mass is 183 g/mol. The average Bonchev–Trinajstić information content (AvgIpc) is 2.14. The van der Waals surface area contributed by atoms with Crippen LogP contribution in [0.4, 0.5) is 4.39 Å². The van der Waals surface area contributed by atoms with Gasteiger partial charge in [0.1, 0.15) is 5.82 Å². The number of nitrogens with two attached hydrogens (primary N) is 1. The third-order valence-electron chi connectivity index (χ3n) is 2.00. The number of halogens is 1. The molecular formula is C10H14FNO. The minimum Gasteiger partial charge on any atom is -0.396 e. The first-order chi connectivity index (χ1) is 6.26. The van der Waals surface area contributed by atoms with Crippen molar-refractivity contribution < 1.29 is 9.50 Å². The van der Waals surface area contributed by atoms with Gasteiger partial charge in [-0.1, -0.05) is 12.1 Å². The zero-order valence-electron chi connectivity index (χ0n) is 7.41. The van der Waals surface area contributed by atoms with Crippen LogP contribution in [0.25, 0.3) is 0 Å². The third-order valence-corrected chi connectivity index (χ3v) is 2.00. The molecule has 0 saturated heterocycles. The van der Waals surface area contributed by atoms with Gasteiger partial charge in [-0.15, -0.1) is 0 Å². The first-order valence-corrected chi connectivity index (χ1v) is 4.31. The molecule has 0 amide bonds. The fourth-order valence-electron chi connectivity index (χ4n) is 1.22. The quantitative estimate of drug-likeness (QED) is 0.729. The molecule has 0 unspecified atom stereocenters. The van der Waals surface area contributed by atoms with Gasteiger partial charge >= 0.3 is 0 Å². The molecule has 3 N–H and O–H groups in total. The van der Waals surface area contributed by atoms with Crippen LogP contribution in [0.5, 0.6) is 0 Å². The van der Waals surface area contributed by atoms with E-state index in [1.807, 2.05) is 6.07 Å². The summed E-state index contributed by atoms with van der Waals surface area (Å²) in [4.78, 5) is 0. The highest BCUT2D eigenvalue weighted by atomic mass is 19.1. The van der Waals surface area contributed by atoms with Crippen molar-refractivity contribution in [2.24, 2.45) is 11.7 Å². The molecule has 13 heavy (non-hydrogen) atoms. The molecule has 1 aromatic rings. The Kier molecular flexibility index (Phi) is 3.86.